The van der Waals surface area contributed by atoms with Crippen LogP contribution in [-0.2, 0) is 6.42 Å². The lowest BCUT2D eigenvalue weighted by Crippen LogP contribution is -2.28. The maximum Gasteiger partial charge on any atom is 0.189 e. The van der Waals surface area contributed by atoms with Crippen molar-refractivity contribution in [2.75, 3.05) is 0 Å². The Hall–Kier alpha value is -3.27. The first-order valence-electron chi connectivity index (χ1n) is 9.57. The fourth-order valence-electron chi connectivity index (χ4n) is 3.13. The van der Waals surface area contributed by atoms with Gasteiger partial charge >= 0.3 is 0 Å². The average molecular weight is 390 g/mol. The summed E-state index contributed by atoms with van der Waals surface area (Å²) in [6.45, 7) is 8.16. The molecule has 4 heteroatoms. The SMILES string of the molecule is CC(C)=CCc1cc(C=CC(=O)c2ccc(O)cc2O)cc2c1OC(C)(C)C=C2. The molecular weight excluding hydrogens is 364 g/mol. The van der Waals surface area contributed by atoms with Crippen LogP contribution in [0.25, 0.3) is 12.2 Å². The third-order valence-electron chi connectivity index (χ3n) is 4.65. The molecule has 0 aromatic heterocycles. The van der Waals surface area contributed by atoms with Gasteiger partial charge in [-0.15, -0.1) is 0 Å². The van der Waals surface area contributed by atoms with Gasteiger partial charge in [-0.25, -0.2) is 0 Å². The van der Waals surface area contributed by atoms with Crippen LogP contribution in [0.2, 0.25) is 0 Å². The lowest BCUT2D eigenvalue weighted by Gasteiger charge is -2.29. The van der Waals surface area contributed by atoms with Crippen LogP contribution in [0.3, 0.4) is 0 Å². The van der Waals surface area contributed by atoms with Gasteiger partial charge in [-0.2, -0.15) is 0 Å². The van der Waals surface area contributed by atoms with Crippen LogP contribution in [0.5, 0.6) is 17.2 Å². The van der Waals surface area contributed by atoms with E-state index in [4.69, 9.17) is 4.74 Å². The molecule has 1 aliphatic rings. The molecule has 0 radical (unpaired) electrons. The van der Waals surface area contributed by atoms with Crippen molar-refractivity contribution >= 4 is 17.9 Å². The second-order valence-corrected chi connectivity index (χ2v) is 8.02. The molecule has 0 atom stereocenters. The van der Waals surface area contributed by atoms with E-state index in [9.17, 15) is 15.0 Å². The summed E-state index contributed by atoms with van der Waals surface area (Å²) in [5, 5.41) is 19.3. The second kappa shape index (κ2) is 8.00. The average Bonchev–Trinajstić information content (AvgIpc) is 2.64. The van der Waals surface area contributed by atoms with Crippen molar-refractivity contribution in [3.05, 3.63) is 76.4 Å². The number of hydrogen-bond acceptors (Lipinski definition) is 4. The number of phenols is 2. The minimum Gasteiger partial charge on any atom is -0.508 e. The number of ketones is 1. The predicted octanol–water partition coefficient (Wildman–Crippen LogP) is 5.69. The monoisotopic (exact) mass is 390 g/mol. The van der Waals surface area contributed by atoms with E-state index < -0.39 is 0 Å². The first kappa shape index (κ1) is 20.5. The number of allylic oxidation sites excluding steroid dienone is 3. The van der Waals surface area contributed by atoms with Crippen LogP contribution >= 0.6 is 0 Å². The number of phenolic OH excluding ortho intramolecular Hbond substituents is 2. The summed E-state index contributed by atoms with van der Waals surface area (Å²) >= 11 is 0. The summed E-state index contributed by atoms with van der Waals surface area (Å²) in [5.74, 6) is 0.206. The molecule has 0 fully saturated rings. The Morgan fingerprint density at radius 2 is 1.90 bits per heavy atom. The van der Waals surface area contributed by atoms with Crippen molar-refractivity contribution in [2.45, 2.75) is 39.7 Å². The molecule has 0 saturated carbocycles. The zero-order chi connectivity index (χ0) is 21.2. The van der Waals surface area contributed by atoms with Gasteiger partial charge in [-0.05, 0) is 81.7 Å². The van der Waals surface area contributed by atoms with Crippen molar-refractivity contribution in [3.63, 3.8) is 0 Å². The van der Waals surface area contributed by atoms with Gasteiger partial charge in [0.2, 0.25) is 0 Å². The minimum atomic E-state index is -0.365. The van der Waals surface area contributed by atoms with Crippen LogP contribution < -0.4 is 4.74 Å². The molecule has 0 aliphatic carbocycles. The Kier molecular flexibility index (Phi) is 5.64. The fraction of sp³-hybridized carbons (Fsp3) is 0.240. The van der Waals surface area contributed by atoms with E-state index in [-0.39, 0.29) is 28.4 Å². The fourth-order valence-corrected chi connectivity index (χ4v) is 3.13. The van der Waals surface area contributed by atoms with E-state index in [1.165, 1.54) is 23.8 Å². The Morgan fingerprint density at radius 1 is 1.14 bits per heavy atom. The Bertz CT molecular complexity index is 1040. The number of benzene rings is 2. The third kappa shape index (κ3) is 4.96. The summed E-state index contributed by atoms with van der Waals surface area (Å²) in [6, 6.07) is 7.94. The van der Waals surface area contributed by atoms with E-state index in [0.29, 0.717) is 0 Å². The van der Waals surface area contributed by atoms with Gasteiger partial charge in [-0.1, -0.05) is 23.8 Å². The topological polar surface area (TPSA) is 66.8 Å². The zero-order valence-corrected chi connectivity index (χ0v) is 17.2. The van der Waals surface area contributed by atoms with Gasteiger partial charge in [0.15, 0.2) is 5.78 Å². The molecule has 150 valence electrons. The van der Waals surface area contributed by atoms with Crippen LogP contribution in [-0.4, -0.2) is 21.6 Å². The number of ether oxygens (including phenoxy) is 1. The first-order chi connectivity index (χ1) is 13.6. The Balaban J connectivity index is 1.95. The molecule has 0 saturated heterocycles. The predicted molar refractivity (Wildman–Crippen MR) is 116 cm³/mol. The number of fused-ring (bicyclic) bond motifs is 1. The zero-order valence-electron chi connectivity index (χ0n) is 17.2. The molecule has 3 rings (SSSR count). The van der Waals surface area contributed by atoms with Crippen LogP contribution in [0.1, 0.15) is 54.7 Å². The number of carbonyl (C=O) groups excluding carboxylic acids is 1. The van der Waals surface area contributed by atoms with Gasteiger partial charge in [0.25, 0.3) is 0 Å². The summed E-state index contributed by atoms with van der Waals surface area (Å²) in [7, 11) is 0. The highest BCUT2D eigenvalue weighted by molar-refractivity contribution is 6.08. The lowest BCUT2D eigenvalue weighted by molar-refractivity contribution is 0.104. The number of carbonyl (C=O) groups is 1. The molecule has 2 aromatic carbocycles. The molecule has 0 unspecified atom stereocenters. The number of rotatable bonds is 5. The van der Waals surface area contributed by atoms with Crippen LogP contribution in [0, 0.1) is 0 Å². The Labute approximate surface area is 171 Å². The van der Waals surface area contributed by atoms with Crippen LogP contribution in [0.4, 0.5) is 0 Å². The highest BCUT2D eigenvalue weighted by atomic mass is 16.5. The number of aromatic hydroxyl groups is 2. The van der Waals surface area contributed by atoms with E-state index in [0.717, 1.165) is 34.9 Å². The highest BCUT2D eigenvalue weighted by Crippen LogP contribution is 2.36. The van der Waals surface area contributed by atoms with Crippen molar-refractivity contribution in [2.24, 2.45) is 0 Å². The van der Waals surface area contributed by atoms with Crippen molar-refractivity contribution < 1.29 is 19.7 Å². The quantitative estimate of drug-likeness (QED) is 0.391. The number of hydrogen-bond donors (Lipinski definition) is 2. The van der Waals surface area contributed by atoms with E-state index in [2.05, 4.69) is 26.0 Å². The summed E-state index contributed by atoms with van der Waals surface area (Å²) in [6.07, 6.45) is 10.1. The summed E-state index contributed by atoms with van der Waals surface area (Å²) in [4.78, 5) is 12.4. The molecule has 2 N–H and O–H groups in total. The minimum absolute atomic E-state index is 0.0867. The molecule has 4 nitrogen and oxygen atoms in total. The standard InChI is InChI=1S/C25H26O4/c1-16(2)5-7-18-13-17(14-19-11-12-25(3,4)29-24(18)19)6-10-22(27)21-9-8-20(26)15-23(21)28/h5-6,8-15,26,28H,7H2,1-4H3. The molecule has 0 amide bonds. The molecule has 2 aromatic rings. The first-order valence-corrected chi connectivity index (χ1v) is 9.57. The molecule has 0 spiro atoms. The van der Waals surface area contributed by atoms with E-state index >= 15 is 0 Å². The second-order valence-electron chi connectivity index (χ2n) is 8.02. The highest BCUT2D eigenvalue weighted by Gasteiger charge is 2.24. The van der Waals surface area contributed by atoms with Gasteiger partial charge in [0.05, 0.1) is 5.56 Å². The van der Waals surface area contributed by atoms with Gasteiger partial charge < -0.3 is 14.9 Å². The molecular formula is C25H26O4. The maximum atomic E-state index is 12.4. The van der Waals surface area contributed by atoms with E-state index in [1.54, 1.807) is 6.08 Å². The Morgan fingerprint density at radius 3 is 2.59 bits per heavy atom. The van der Waals surface area contributed by atoms with Crippen LogP contribution in [0.15, 0.2) is 54.1 Å². The van der Waals surface area contributed by atoms with Crippen molar-refractivity contribution in [3.8, 4) is 17.2 Å². The lowest BCUT2D eigenvalue weighted by atomic mass is 9.95. The molecule has 0 bridgehead atoms. The summed E-state index contributed by atoms with van der Waals surface area (Å²) in [5.41, 5.74) is 3.91. The molecule has 29 heavy (non-hydrogen) atoms. The van der Waals surface area contributed by atoms with E-state index in [1.807, 2.05) is 32.1 Å². The normalized spacial score (nSPS) is 14.3. The van der Waals surface area contributed by atoms with Gasteiger partial charge in [0, 0.05) is 11.6 Å². The molecule has 1 aliphatic heterocycles. The van der Waals surface area contributed by atoms with Crippen molar-refractivity contribution in [1.82, 2.24) is 0 Å². The van der Waals surface area contributed by atoms with Gasteiger partial charge in [-0.3, -0.25) is 4.79 Å². The molecule has 1 heterocycles. The third-order valence-corrected chi connectivity index (χ3v) is 4.65. The summed E-state index contributed by atoms with van der Waals surface area (Å²) < 4.78 is 6.20. The largest absolute Gasteiger partial charge is 0.508 e. The maximum absolute atomic E-state index is 12.4. The smallest absolute Gasteiger partial charge is 0.189 e. The van der Waals surface area contributed by atoms with Gasteiger partial charge in [0.1, 0.15) is 22.8 Å². The van der Waals surface area contributed by atoms with Crippen molar-refractivity contribution in [1.29, 1.82) is 0 Å².